The summed E-state index contributed by atoms with van der Waals surface area (Å²) in [6, 6.07) is 11.6. The van der Waals surface area contributed by atoms with E-state index in [2.05, 4.69) is 8.75 Å². The van der Waals surface area contributed by atoms with Crippen molar-refractivity contribution in [3.8, 4) is 0 Å². The van der Waals surface area contributed by atoms with Gasteiger partial charge in [0.05, 0.1) is 11.7 Å². The number of halogens is 1. The van der Waals surface area contributed by atoms with Gasteiger partial charge in [-0.25, -0.2) is 8.42 Å². The summed E-state index contributed by atoms with van der Waals surface area (Å²) in [5, 5.41) is 0.563. The Morgan fingerprint density at radius 3 is 2.41 bits per heavy atom. The third-order valence-electron chi connectivity index (χ3n) is 4.48. The number of amides is 1. The second kappa shape index (κ2) is 7.16. The lowest BCUT2D eigenvalue weighted by Crippen LogP contribution is -2.50. The number of sulfonamides is 1. The highest BCUT2D eigenvalue weighted by molar-refractivity contribution is 7.89. The molecule has 10 heteroatoms. The number of carbonyl (C=O) groups is 1. The van der Waals surface area contributed by atoms with E-state index in [1.165, 1.54) is 4.31 Å². The van der Waals surface area contributed by atoms with Crippen LogP contribution in [0.5, 0.6) is 0 Å². The molecule has 0 unspecified atom stereocenters. The normalized spacial score (nSPS) is 16.0. The predicted molar refractivity (Wildman–Crippen MR) is 104 cm³/mol. The highest BCUT2D eigenvalue weighted by Crippen LogP contribution is 2.25. The highest BCUT2D eigenvalue weighted by atomic mass is 35.5. The van der Waals surface area contributed by atoms with E-state index in [-0.39, 0.29) is 23.9 Å². The summed E-state index contributed by atoms with van der Waals surface area (Å²) in [6.45, 7) is 1.11. The van der Waals surface area contributed by atoms with Gasteiger partial charge in [-0.15, -0.1) is 0 Å². The van der Waals surface area contributed by atoms with Gasteiger partial charge in [-0.1, -0.05) is 17.7 Å². The number of carbonyl (C=O) groups excluding carboxylic acids is 1. The maximum atomic E-state index is 13.0. The molecule has 1 aliphatic heterocycles. The molecule has 0 saturated carbocycles. The molecule has 0 spiro atoms. The van der Waals surface area contributed by atoms with Crippen LogP contribution >= 0.6 is 23.3 Å². The summed E-state index contributed by atoms with van der Waals surface area (Å²) < 4.78 is 35.7. The third-order valence-corrected chi connectivity index (χ3v) is 7.21. The maximum Gasteiger partial charge on any atom is 0.253 e. The molecule has 4 rings (SSSR count). The van der Waals surface area contributed by atoms with Crippen LogP contribution in [-0.4, -0.2) is 58.5 Å². The predicted octanol–water partition coefficient (Wildman–Crippen LogP) is 2.49. The fraction of sp³-hybridized carbons (Fsp3) is 0.235. The average molecular weight is 423 g/mol. The molecule has 1 aliphatic rings. The van der Waals surface area contributed by atoms with Gasteiger partial charge in [-0.2, -0.15) is 13.1 Å². The Hall–Kier alpha value is -2.07. The average Bonchev–Trinajstić information content (AvgIpc) is 3.17. The molecule has 2 aromatic carbocycles. The number of benzene rings is 2. The lowest BCUT2D eigenvalue weighted by atomic mass is 10.2. The molecule has 0 N–H and O–H groups in total. The van der Waals surface area contributed by atoms with E-state index in [1.807, 2.05) is 0 Å². The molecule has 0 aliphatic carbocycles. The second-order valence-corrected chi connectivity index (χ2v) is 8.96. The zero-order valence-electron chi connectivity index (χ0n) is 14.1. The Bertz CT molecular complexity index is 1090. The Kier molecular flexibility index (Phi) is 4.85. The van der Waals surface area contributed by atoms with Crippen molar-refractivity contribution in [3.63, 3.8) is 0 Å². The second-order valence-electron chi connectivity index (χ2n) is 6.09. The van der Waals surface area contributed by atoms with Crippen molar-refractivity contribution in [3.05, 3.63) is 53.1 Å². The number of piperazine rings is 1. The first-order valence-corrected chi connectivity index (χ1v) is 10.8. The van der Waals surface area contributed by atoms with Crippen LogP contribution in [0, 0.1) is 0 Å². The van der Waals surface area contributed by atoms with Crippen LogP contribution in [0.15, 0.2) is 47.4 Å². The van der Waals surface area contributed by atoms with Crippen molar-refractivity contribution in [2.75, 3.05) is 26.2 Å². The van der Waals surface area contributed by atoms with Gasteiger partial charge in [0.1, 0.15) is 15.9 Å². The van der Waals surface area contributed by atoms with E-state index in [9.17, 15) is 13.2 Å². The molecule has 7 nitrogen and oxygen atoms in total. The summed E-state index contributed by atoms with van der Waals surface area (Å²) in [5.74, 6) is -0.130. The Labute approximate surface area is 165 Å². The number of aromatic nitrogens is 2. The molecule has 0 atom stereocenters. The largest absolute Gasteiger partial charge is 0.336 e. The number of fused-ring (bicyclic) bond motifs is 1. The Morgan fingerprint density at radius 1 is 1.00 bits per heavy atom. The fourth-order valence-electron chi connectivity index (χ4n) is 3.04. The first-order chi connectivity index (χ1) is 13.0. The molecule has 1 saturated heterocycles. The van der Waals surface area contributed by atoms with Gasteiger partial charge in [0.2, 0.25) is 10.0 Å². The number of nitrogens with zero attached hydrogens (tertiary/aromatic N) is 4. The van der Waals surface area contributed by atoms with Crippen molar-refractivity contribution in [1.29, 1.82) is 0 Å². The van der Waals surface area contributed by atoms with E-state index in [0.717, 1.165) is 11.7 Å². The number of hydrogen-bond acceptors (Lipinski definition) is 6. The van der Waals surface area contributed by atoms with Crippen LogP contribution in [0.25, 0.3) is 11.0 Å². The van der Waals surface area contributed by atoms with Crippen molar-refractivity contribution in [2.45, 2.75) is 4.90 Å². The van der Waals surface area contributed by atoms with Gasteiger partial charge in [-0.3, -0.25) is 4.79 Å². The minimum Gasteiger partial charge on any atom is -0.336 e. The standard InChI is InChI=1S/C17H15ClN4O3S2/c18-13-6-4-12(5-7-13)17(23)21-8-10-22(11-9-21)27(24,25)15-3-1-2-14-16(15)20-26-19-14/h1-7H,8-11H2. The lowest BCUT2D eigenvalue weighted by molar-refractivity contribution is 0.0698. The van der Waals surface area contributed by atoms with E-state index in [1.54, 1.807) is 47.4 Å². The molecular weight excluding hydrogens is 408 g/mol. The number of hydrogen-bond donors (Lipinski definition) is 0. The van der Waals surface area contributed by atoms with Gasteiger partial charge in [-0.05, 0) is 36.4 Å². The van der Waals surface area contributed by atoms with Crippen LogP contribution in [0.2, 0.25) is 5.02 Å². The van der Waals surface area contributed by atoms with Crippen LogP contribution in [0.3, 0.4) is 0 Å². The summed E-state index contributed by atoms with van der Waals surface area (Å²) >= 11 is 6.84. The van der Waals surface area contributed by atoms with Gasteiger partial charge in [0.15, 0.2) is 0 Å². The monoisotopic (exact) mass is 422 g/mol. The minimum absolute atomic E-state index is 0.130. The van der Waals surface area contributed by atoms with Crippen LogP contribution in [-0.2, 0) is 10.0 Å². The molecule has 1 aromatic heterocycles. The summed E-state index contributed by atoms with van der Waals surface area (Å²) in [5.41, 5.74) is 1.49. The van der Waals surface area contributed by atoms with E-state index >= 15 is 0 Å². The van der Waals surface area contributed by atoms with E-state index < -0.39 is 10.0 Å². The van der Waals surface area contributed by atoms with Crippen LogP contribution in [0.1, 0.15) is 10.4 Å². The molecule has 1 amide bonds. The Morgan fingerprint density at radius 2 is 1.70 bits per heavy atom. The topological polar surface area (TPSA) is 83.5 Å². The maximum absolute atomic E-state index is 13.0. The smallest absolute Gasteiger partial charge is 0.253 e. The third kappa shape index (κ3) is 3.43. The molecule has 3 aromatic rings. The highest BCUT2D eigenvalue weighted by Gasteiger charge is 2.32. The van der Waals surface area contributed by atoms with E-state index in [0.29, 0.717) is 34.7 Å². The van der Waals surface area contributed by atoms with Gasteiger partial charge in [0, 0.05) is 36.8 Å². The van der Waals surface area contributed by atoms with Gasteiger partial charge in [0.25, 0.3) is 5.91 Å². The first-order valence-electron chi connectivity index (χ1n) is 8.23. The SMILES string of the molecule is O=C(c1ccc(Cl)cc1)N1CCN(S(=O)(=O)c2cccc3nsnc23)CC1. The molecule has 27 heavy (non-hydrogen) atoms. The van der Waals surface area contributed by atoms with Crippen molar-refractivity contribution in [2.24, 2.45) is 0 Å². The van der Waals surface area contributed by atoms with Gasteiger partial charge >= 0.3 is 0 Å². The van der Waals surface area contributed by atoms with Crippen molar-refractivity contribution < 1.29 is 13.2 Å². The van der Waals surface area contributed by atoms with Crippen molar-refractivity contribution >= 4 is 50.3 Å². The summed E-state index contributed by atoms with van der Waals surface area (Å²) in [7, 11) is -3.70. The Balaban J connectivity index is 1.51. The zero-order valence-corrected chi connectivity index (χ0v) is 16.5. The fourth-order valence-corrected chi connectivity index (χ4v) is 5.34. The first kappa shape index (κ1) is 18.3. The quantitative estimate of drug-likeness (QED) is 0.647. The van der Waals surface area contributed by atoms with E-state index in [4.69, 9.17) is 11.6 Å². The van der Waals surface area contributed by atoms with Crippen LogP contribution < -0.4 is 0 Å². The molecular formula is C17H15ClN4O3S2. The minimum atomic E-state index is -3.70. The number of rotatable bonds is 3. The van der Waals surface area contributed by atoms with Crippen molar-refractivity contribution in [1.82, 2.24) is 18.0 Å². The zero-order chi connectivity index (χ0) is 19.0. The molecule has 0 bridgehead atoms. The van der Waals surface area contributed by atoms with Gasteiger partial charge < -0.3 is 4.90 Å². The molecule has 0 radical (unpaired) electrons. The molecule has 1 fully saturated rings. The molecule has 140 valence electrons. The van der Waals surface area contributed by atoms with Crippen LogP contribution in [0.4, 0.5) is 0 Å². The summed E-state index contributed by atoms with van der Waals surface area (Å²) in [6.07, 6.45) is 0. The molecule has 2 heterocycles. The summed E-state index contributed by atoms with van der Waals surface area (Å²) in [4.78, 5) is 14.4. The lowest BCUT2D eigenvalue weighted by Gasteiger charge is -2.34.